The van der Waals surface area contributed by atoms with E-state index in [0.29, 0.717) is 19.0 Å². The van der Waals surface area contributed by atoms with Gasteiger partial charge in [0.05, 0.1) is 18.8 Å². The van der Waals surface area contributed by atoms with Crippen molar-refractivity contribution in [1.82, 2.24) is 20.6 Å². The molecule has 10 heteroatoms. The molecule has 4 atom stereocenters. The lowest BCUT2D eigenvalue weighted by atomic mass is 9.99. The van der Waals surface area contributed by atoms with Crippen LogP contribution in [-0.2, 0) is 32.2 Å². The fraction of sp³-hybridized carbons (Fsp3) is 0.576. The van der Waals surface area contributed by atoms with Gasteiger partial charge in [-0.2, -0.15) is 0 Å². The summed E-state index contributed by atoms with van der Waals surface area (Å²) in [5, 5.41) is 21.0. The molecule has 3 saturated heterocycles. The van der Waals surface area contributed by atoms with Crippen LogP contribution in [0.15, 0.2) is 48.5 Å². The van der Waals surface area contributed by atoms with E-state index in [-0.39, 0.29) is 37.6 Å². The van der Waals surface area contributed by atoms with Gasteiger partial charge in [0.15, 0.2) is 6.29 Å². The van der Waals surface area contributed by atoms with Crippen LogP contribution >= 0.6 is 0 Å². The molecular weight excluding hydrogens is 548 g/mol. The van der Waals surface area contributed by atoms with E-state index in [2.05, 4.69) is 15.1 Å². The van der Waals surface area contributed by atoms with Crippen molar-refractivity contribution in [2.45, 2.75) is 89.1 Å². The van der Waals surface area contributed by atoms with Gasteiger partial charge in [0.1, 0.15) is 0 Å². The minimum atomic E-state index is -0.512. The molecule has 3 aliphatic rings. The van der Waals surface area contributed by atoms with Crippen LogP contribution in [-0.4, -0.2) is 76.8 Å². The van der Waals surface area contributed by atoms with Gasteiger partial charge in [-0.1, -0.05) is 48.5 Å². The minimum Gasteiger partial charge on any atom is -0.392 e. The molecule has 2 aromatic rings. The Labute approximate surface area is 254 Å². The van der Waals surface area contributed by atoms with Crippen LogP contribution in [0.3, 0.4) is 0 Å². The number of rotatable bonds is 13. The number of ether oxygens (including phenoxy) is 2. The molecule has 3 aliphatic heterocycles. The molecule has 0 unspecified atom stereocenters. The van der Waals surface area contributed by atoms with Crippen molar-refractivity contribution < 1.29 is 29.4 Å². The van der Waals surface area contributed by atoms with Crippen molar-refractivity contribution in [1.29, 1.82) is 0 Å². The molecular formula is C33H46N4O6. The standard InChI is InChI=1S/C33H46N4O6/c38-23-25-10-12-26(13-11-25)30-19-29(22-37-18-4-5-28(37)21-36-16-1-2-17-36)42-33(43-30)27-14-8-24(9-15-27)20-34-31(39)6-3-7-32(40)35-41/h8-15,28-30,33,38,41H,1-7,16-23H2,(H,34,39)(H,35,40)/t28-,29+,30-,33-/m0/s1. The Morgan fingerprint density at radius 3 is 2.26 bits per heavy atom. The first-order valence-electron chi connectivity index (χ1n) is 15.8. The second-order valence-electron chi connectivity index (χ2n) is 12.1. The molecule has 234 valence electrons. The van der Waals surface area contributed by atoms with E-state index < -0.39 is 12.2 Å². The smallest absolute Gasteiger partial charge is 0.243 e. The third-order valence-electron chi connectivity index (χ3n) is 8.89. The highest BCUT2D eigenvalue weighted by molar-refractivity contribution is 5.78. The molecule has 5 rings (SSSR count). The zero-order valence-corrected chi connectivity index (χ0v) is 25.0. The second-order valence-corrected chi connectivity index (χ2v) is 12.1. The van der Waals surface area contributed by atoms with Crippen LogP contribution in [0.4, 0.5) is 0 Å². The maximum Gasteiger partial charge on any atom is 0.243 e. The van der Waals surface area contributed by atoms with Crippen molar-refractivity contribution in [3.05, 3.63) is 70.8 Å². The van der Waals surface area contributed by atoms with Crippen LogP contribution in [0.25, 0.3) is 0 Å². The lowest BCUT2D eigenvalue weighted by molar-refractivity contribution is -0.253. The number of likely N-dealkylation sites (tertiary alicyclic amines) is 2. The Morgan fingerprint density at radius 1 is 0.837 bits per heavy atom. The van der Waals surface area contributed by atoms with Crippen molar-refractivity contribution in [3.8, 4) is 0 Å². The van der Waals surface area contributed by atoms with Gasteiger partial charge in [0.2, 0.25) is 11.8 Å². The summed E-state index contributed by atoms with van der Waals surface area (Å²) in [6, 6.07) is 16.5. The first-order valence-corrected chi connectivity index (χ1v) is 15.8. The first-order chi connectivity index (χ1) is 21.0. The summed E-state index contributed by atoms with van der Waals surface area (Å²) in [5.74, 6) is -0.638. The Bertz CT molecular complexity index is 1170. The number of nitrogens with one attached hydrogen (secondary N) is 2. The summed E-state index contributed by atoms with van der Waals surface area (Å²) in [6.07, 6.45) is 5.94. The molecule has 4 N–H and O–H groups in total. The number of nitrogens with zero attached hydrogens (tertiary/aromatic N) is 2. The van der Waals surface area contributed by atoms with Crippen LogP contribution in [0, 0.1) is 0 Å². The van der Waals surface area contributed by atoms with Gasteiger partial charge >= 0.3 is 0 Å². The SMILES string of the molecule is O=C(CCCC(=O)NCc1ccc([C@H]2O[C@@H](CN3CCC[C@H]3CN3CCCC3)C[C@@H](c3ccc(CO)cc3)O2)cc1)NO. The predicted molar refractivity (Wildman–Crippen MR) is 161 cm³/mol. The maximum absolute atomic E-state index is 12.1. The largest absolute Gasteiger partial charge is 0.392 e. The highest BCUT2D eigenvalue weighted by atomic mass is 16.7. The van der Waals surface area contributed by atoms with E-state index in [1.807, 2.05) is 48.5 Å². The van der Waals surface area contributed by atoms with Crippen molar-refractivity contribution in [3.63, 3.8) is 0 Å². The lowest BCUT2D eigenvalue weighted by Crippen LogP contribution is -2.45. The van der Waals surface area contributed by atoms with E-state index in [0.717, 1.165) is 48.3 Å². The quantitative estimate of drug-likeness (QED) is 0.205. The monoisotopic (exact) mass is 594 g/mol. The molecule has 3 fully saturated rings. The van der Waals surface area contributed by atoms with E-state index in [9.17, 15) is 14.7 Å². The molecule has 0 radical (unpaired) electrons. The van der Waals surface area contributed by atoms with Gasteiger partial charge in [-0.25, -0.2) is 5.48 Å². The number of aliphatic hydroxyl groups excluding tert-OH is 1. The summed E-state index contributed by atoms with van der Waals surface area (Å²) in [4.78, 5) is 28.5. The number of carbonyl (C=O) groups excluding carboxylic acids is 2. The number of hydroxylamine groups is 1. The van der Waals surface area contributed by atoms with E-state index >= 15 is 0 Å². The number of carbonyl (C=O) groups is 2. The third-order valence-corrected chi connectivity index (χ3v) is 8.89. The molecule has 0 saturated carbocycles. The first kappa shape index (κ1) is 31.6. The zero-order chi connectivity index (χ0) is 30.0. The van der Waals surface area contributed by atoms with E-state index in [1.54, 1.807) is 5.48 Å². The second kappa shape index (κ2) is 15.7. The molecule has 43 heavy (non-hydrogen) atoms. The Balaban J connectivity index is 1.22. The number of amides is 2. The summed E-state index contributed by atoms with van der Waals surface area (Å²) in [6.45, 7) is 5.97. The summed E-state index contributed by atoms with van der Waals surface area (Å²) < 4.78 is 13.2. The van der Waals surface area contributed by atoms with Crippen LogP contribution in [0.1, 0.15) is 86.0 Å². The number of benzene rings is 2. The van der Waals surface area contributed by atoms with Crippen molar-refractivity contribution in [2.24, 2.45) is 0 Å². The Morgan fingerprint density at radius 2 is 1.53 bits per heavy atom. The lowest BCUT2D eigenvalue weighted by Gasteiger charge is -2.39. The van der Waals surface area contributed by atoms with Crippen molar-refractivity contribution in [2.75, 3.05) is 32.7 Å². The van der Waals surface area contributed by atoms with Gasteiger partial charge in [0, 0.05) is 50.5 Å². The number of aliphatic hydroxyl groups is 1. The molecule has 0 spiro atoms. The summed E-state index contributed by atoms with van der Waals surface area (Å²) >= 11 is 0. The highest BCUT2D eigenvalue weighted by Crippen LogP contribution is 2.39. The minimum absolute atomic E-state index is 0.0151. The third kappa shape index (κ3) is 9.07. The van der Waals surface area contributed by atoms with Crippen molar-refractivity contribution >= 4 is 11.8 Å². The van der Waals surface area contributed by atoms with Crippen LogP contribution in [0.5, 0.6) is 0 Å². The van der Waals surface area contributed by atoms with Gasteiger partial charge in [-0.05, 0) is 68.4 Å². The van der Waals surface area contributed by atoms with E-state index in [1.165, 1.54) is 38.8 Å². The normalized spacial score (nSPS) is 24.7. The van der Waals surface area contributed by atoms with Gasteiger partial charge < -0.3 is 24.8 Å². The number of hydrogen-bond donors (Lipinski definition) is 4. The number of hydrogen-bond acceptors (Lipinski definition) is 8. The van der Waals surface area contributed by atoms with Gasteiger partial charge in [-0.15, -0.1) is 0 Å². The summed E-state index contributed by atoms with van der Waals surface area (Å²) in [7, 11) is 0. The van der Waals surface area contributed by atoms with Gasteiger partial charge in [-0.3, -0.25) is 19.7 Å². The fourth-order valence-electron chi connectivity index (χ4n) is 6.45. The molecule has 0 aromatic heterocycles. The molecule has 2 amide bonds. The topological polar surface area (TPSA) is 124 Å². The Kier molecular flexibility index (Phi) is 11.6. The zero-order valence-electron chi connectivity index (χ0n) is 25.0. The van der Waals surface area contributed by atoms with E-state index in [4.69, 9.17) is 14.7 Å². The molecule has 0 bridgehead atoms. The molecule has 10 nitrogen and oxygen atoms in total. The average molecular weight is 595 g/mol. The molecule has 0 aliphatic carbocycles. The Hall–Kier alpha value is -2.86. The van der Waals surface area contributed by atoms with Crippen LogP contribution in [0.2, 0.25) is 0 Å². The highest BCUT2D eigenvalue weighted by Gasteiger charge is 2.36. The summed E-state index contributed by atoms with van der Waals surface area (Å²) in [5.41, 5.74) is 5.43. The molecule has 2 aromatic carbocycles. The maximum atomic E-state index is 12.1. The predicted octanol–water partition coefficient (Wildman–Crippen LogP) is 3.58. The fourth-order valence-corrected chi connectivity index (χ4v) is 6.45. The van der Waals surface area contributed by atoms with Crippen LogP contribution < -0.4 is 10.8 Å². The van der Waals surface area contributed by atoms with Gasteiger partial charge in [0.25, 0.3) is 0 Å². The molecule has 3 heterocycles. The average Bonchev–Trinajstić information content (AvgIpc) is 3.72.